The number of imidazole rings is 1. The molecule has 0 unspecified atom stereocenters. The van der Waals surface area contributed by atoms with E-state index in [0.717, 1.165) is 41.1 Å². The molecule has 4 rings (SSSR count). The lowest BCUT2D eigenvalue weighted by Crippen LogP contribution is -2.24. The summed E-state index contributed by atoms with van der Waals surface area (Å²) in [6.45, 7) is 4.42. The van der Waals surface area contributed by atoms with E-state index in [-0.39, 0.29) is 23.6 Å². The van der Waals surface area contributed by atoms with E-state index in [1.165, 1.54) is 29.7 Å². The van der Waals surface area contributed by atoms with E-state index in [1.807, 2.05) is 24.3 Å². The Morgan fingerprint density at radius 1 is 1.19 bits per heavy atom. The molecule has 31 heavy (non-hydrogen) atoms. The van der Waals surface area contributed by atoms with E-state index < -0.39 is 5.82 Å². The van der Waals surface area contributed by atoms with Crippen molar-refractivity contribution in [3.8, 4) is 0 Å². The van der Waals surface area contributed by atoms with E-state index in [2.05, 4.69) is 39.1 Å². The van der Waals surface area contributed by atoms with Gasteiger partial charge in [0.15, 0.2) is 0 Å². The highest BCUT2D eigenvalue weighted by molar-refractivity contribution is 7.09. The summed E-state index contributed by atoms with van der Waals surface area (Å²) in [6, 6.07) is 10.9. The number of hydrogen-bond acceptors (Lipinski definition) is 5. The van der Waals surface area contributed by atoms with Crippen LogP contribution in [-0.2, 0) is 19.4 Å². The van der Waals surface area contributed by atoms with Crippen molar-refractivity contribution >= 4 is 28.3 Å². The predicted octanol–water partition coefficient (Wildman–Crippen LogP) is 4.69. The first kappa shape index (κ1) is 21.1. The molecule has 160 valence electrons. The zero-order valence-corrected chi connectivity index (χ0v) is 18.3. The smallest absolute Gasteiger partial charge is 0.271 e. The third kappa shape index (κ3) is 5.32. The molecule has 8 heteroatoms. The number of halogens is 1. The van der Waals surface area contributed by atoms with Crippen LogP contribution in [0.5, 0.6) is 0 Å². The number of carbonyl (C=O) groups is 1. The Kier molecular flexibility index (Phi) is 6.08. The monoisotopic (exact) mass is 437 g/mol. The Bertz CT molecular complexity index is 1170. The fraction of sp³-hybridized carbons (Fsp3) is 0.304. The highest BCUT2D eigenvalue weighted by Gasteiger charge is 2.22. The Labute approximate surface area is 184 Å². The van der Waals surface area contributed by atoms with E-state index in [9.17, 15) is 9.18 Å². The van der Waals surface area contributed by atoms with E-state index in [0.29, 0.717) is 5.69 Å². The maximum atomic E-state index is 13.7. The van der Waals surface area contributed by atoms with Gasteiger partial charge in [0, 0.05) is 24.4 Å². The van der Waals surface area contributed by atoms with Gasteiger partial charge >= 0.3 is 0 Å². The number of nitrogens with one attached hydrogen (secondary N) is 2. The fourth-order valence-corrected chi connectivity index (χ4v) is 4.41. The third-order valence-corrected chi connectivity index (χ3v) is 5.99. The number of thiazole rings is 1. The summed E-state index contributed by atoms with van der Waals surface area (Å²) in [4.78, 5) is 28.8. The summed E-state index contributed by atoms with van der Waals surface area (Å²) in [5.41, 5.74) is 2.59. The van der Waals surface area contributed by atoms with Crippen LogP contribution < -0.4 is 5.32 Å². The number of para-hydroxylation sites is 2. The Morgan fingerprint density at radius 2 is 2.03 bits per heavy atom. The first-order chi connectivity index (χ1) is 14.9. The number of carbonyl (C=O) groups excluding carboxylic acids is 1. The van der Waals surface area contributed by atoms with Crippen LogP contribution in [0.15, 0.2) is 48.0 Å². The molecule has 1 aromatic carbocycles. The average Bonchev–Trinajstić information content (AvgIpc) is 3.38. The molecule has 3 aromatic heterocycles. The first-order valence-electron chi connectivity index (χ1n) is 10.2. The second-order valence-electron chi connectivity index (χ2n) is 8.28. The first-order valence-corrected chi connectivity index (χ1v) is 11.0. The molecule has 0 spiro atoms. The van der Waals surface area contributed by atoms with Crippen molar-refractivity contribution < 1.29 is 9.18 Å². The zero-order chi connectivity index (χ0) is 21.8. The summed E-state index contributed by atoms with van der Waals surface area (Å²) in [5.74, 6) is 0.218. The van der Waals surface area contributed by atoms with Crippen molar-refractivity contribution in [1.29, 1.82) is 0 Å². The minimum absolute atomic E-state index is 0.00165. The van der Waals surface area contributed by atoms with Gasteiger partial charge in [0.1, 0.15) is 17.3 Å². The van der Waals surface area contributed by atoms with Gasteiger partial charge in [-0.2, -0.15) is 0 Å². The number of rotatable bonds is 8. The second kappa shape index (κ2) is 8.93. The van der Waals surface area contributed by atoms with Crippen LogP contribution in [0.2, 0.25) is 0 Å². The van der Waals surface area contributed by atoms with E-state index >= 15 is 0 Å². The molecule has 0 aliphatic heterocycles. The van der Waals surface area contributed by atoms with Crippen molar-refractivity contribution in [2.75, 3.05) is 0 Å². The molecule has 3 heterocycles. The van der Waals surface area contributed by atoms with Gasteiger partial charge in [-0.15, -0.1) is 11.3 Å². The Balaban J connectivity index is 1.32. The summed E-state index contributed by atoms with van der Waals surface area (Å²) in [7, 11) is 0. The Morgan fingerprint density at radius 3 is 2.84 bits per heavy atom. The number of aromatic amines is 1. The number of hydrogen-bond donors (Lipinski definition) is 2. The number of benzene rings is 1. The van der Waals surface area contributed by atoms with Crippen LogP contribution in [0.4, 0.5) is 4.39 Å². The van der Waals surface area contributed by atoms with E-state index in [4.69, 9.17) is 0 Å². The number of amides is 1. The molecule has 6 nitrogen and oxygen atoms in total. The molecule has 0 aliphatic carbocycles. The van der Waals surface area contributed by atoms with Crippen LogP contribution in [0, 0.1) is 11.2 Å². The van der Waals surface area contributed by atoms with Crippen LogP contribution >= 0.6 is 11.3 Å². The molecule has 0 fully saturated rings. The molecule has 0 atom stereocenters. The number of pyridine rings is 1. The average molecular weight is 438 g/mol. The van der Waals surface area contributed by atoms with Crippen LogP contribution in [0.3, 0.4) is 0 Å². The molecule has 1 amide bonds. The number of aromatic nitrogens is 4. The van der Waals surface area contributed by atoms with Crippen LogP contribution in [-0.4, -0.2) is 25.8 Å². The second-order valence-corrected chi connectivity index (χ2v) is 9.23. The maximum absolute atomic E-state index is 13.7. The number of fused-ring (bicyclic) bond motifs is 1. The van der Waals surface area contributed by atoms with Crippen molar-refractivity contribution in [3.05, 3.63) is 76.0 Å². The molecule has 4 aromatic rings. The highest BCUT2D eigenvalue weighted by atomic mass is 32.1. The zero-order valence-electron chi connectivity index (χ0n) is 17.5. The largest absolute Gasteiger partial charge is 0.345 e. The minimum atomic E-state index is -0.437. The van der Waals surface area contributed by atoms with Crippen molar-refractivity contribution in [3.63, 3.8) is 0 Å². The van der Waals surface area contributed by atoms with Crippen molar-refractivity contribution in [2.24, 2.45) is 5.41 Å². The lowest BCUT2D eigenvalue weighted by atomic mass is 9.84. The molecular formula is C23H24FN5OS. The van der Waals surface area contributed by atoms with Gasteiger partial charge in [0.25, 0.3) is 5.91 Å². The van der Waals surface area contributed by atoms with Gasteiger partial charge in [-0.3, -0.25) is 9.78 Å². The van der Waals surface area contributed by atoms with Crippen LogP contribution in [0.1, 0.15) is 47.3 Å². The summed E-state index contributed by atoms with van der Waals surface area (Å²) < 4.78 is 13.7. The number of nitrogens with zero attached hydrogens (tertiary/aromatic N) is 3. The van der Waals surface area contributed by atoms with Gasteiger partial charge in [0.2, 0.25) is 0 Å². The lowest BCUT2D eigenvalue weighted by molar-refractivity contribution is 0.0945. The SMILES string of the molecule is CC(C)(CCc1nc2ccccc2[nH]1)Cc1nc(C(=O)NCc2ncccc2F)cs1. The van der Waals surface area contributed by atoms with Crippen molar-refractivity contribution in [1.82, 2.24) is 25.3 Å². The molecule has 0 radical (unpaired) electrons. The third-order valence-electron chi connectivity index (χ3n) is 5.14. The molecule has 0 aliphatic rings. The summed E-state index contributed by atoms with van der Waals surface area (Å²) in [6.07, 6.45) is 4.04. The standard InChI is InChI=1S/C23H24FN5OS/c1-23(2,10-9-20-27-16-7-3-4-8-17(16)28-20)12-21-29-19(14-31-21)22(30)26-13-18-15(24)6-5-11-25-18/h3-8,11,14H,9-10,12-13H2,1-2H3,(H,26,30)(H,27,28). The fourth-order valence-electron chi connectivity index (χ4n) is 3.38. The lowest BCUT2D eigenvalue weighted by Gasteiger charge is -2.22. The van der Waals surface area contributed by atoms with Crippen molar-refractivity contribution in [2.45, 2.75) is 39.7 Å². The van der Waals surface area contributed by atoms with Gasteiger partial charge in [-0.1, -0.05) is 26.0 Å². The predicted molar refractivity (Wildman–Crippen MR) is 119 cm³/mol. The number of aryl methyl sites for hydroxylation is 1. The number of H-pyrrole nitrogens is 1. The topological polar surface area (TPSA) is 83.6 Å². The van der Waals surface area contributed by atoms with Crippen LogP contribution in [0.25, 0.3) is 11.0 Å². The summed E-state index contributed by atoms with van der Waals surface area (Å²) in [5, 5.41) is 5.33. The molecule has 0 saturated carbocycles. The molecule has 0 saturated heterocycles. The van der Waals surface area contributed by atoms with Gasteiger partial charge in [0.05, 0.1) is 28.3 Å². The molecule has 2 N–H and O–H groups in total. The summed E-state index contributed by atoms with van der Waals surface area (Å²) >= 11 is 1.47. The van der Waals surface area contributed by atoms with Gasteiger partial charge in [-0.05, 0) is 36.1 Å². The minimum Gasteiger partial charge on any atom is -0.345 e. The van der Waals surface area contributed by atoms with Gasteiger partial charge in [-0.25, -0.2) is 14.4 Å². The normalized spacial score (nSPS) is 11.7. The molecular weight excluding hydrogens is 413 g/mol. The Hall–Kier alpha value is -3.13. The van der Waals surface area contributed by atoms with E-state index in [1.54, 1.807) is 5.38 Å². The highest BCUT2D eigenvalue weighted by Crippen LogP contribution is 2.29. The quantitative estimate of drug-likeness (QED) is 0.419. The van der Waals surface area contributed by atoms with Gasteiger partial charge < -0.3 is 10.3 Å². The maximum Gasteiger partial charge on any atom is 0.271 e. The molecule has 0 bridgehead atoms.